The van der Waals surface area contributed by atoms with Crippen LogP contribution >= 0.6 is 11.8 Å². The van der Waals surface area contributed by atoms with E-state index in [-0.39, 0.29) is 17.6 Å². The molecule has 2 heterocycles. The smallest absolute Gasteiger partial charge is 0.254 e. The van der Waals surface area contributed by atoms with Gasteiger partial charge in [0.15, 0.2) is 11.5 Å². The van der Waals surface area contributed by atoms with E-state index in [1.807, 2.05) is 35.4 Å². The fraction of sp³-hybridized carbons (Fsp3) is 0.333. The lowest BCUT2D eigenvalue weighted by Crippen LogP contribution is -2.53. The van der Waals surface area contributed by atoms with Gasteiger partial charge in [-0.2, -0.15) is 0 Å². The van der Waals surface area contributed by atoms with Gasteiger partial charge in [0.05, 0.1) is 26.2 Å². The van der Waals surface area contributed by atoms with E-state index < -0.39 is 12.0 Å². The van der Waals surface area contributed by atoms with Gasteiger partial charge < -0.3 is 24.2 Å². The highest BCUT2D eigenvalue weighted by molar-refractivity contribution is 7.98. The minimum atomic E-state index is -0.625. The van der Waals surface area contributed by atoms with E-state index >= 15 is 0 Å². The predicted molar refractivity (Wildman–Crippen MR) is 151 cm³/mol. The number of benzene rings is 3. The first-order valence-electron chi connectivity index (χ1n) is 12.8. The van der Waals surface area contributed by atoms with Crippen molar-refractivity contribution < 1.29 is 23.5 Å². The third-order valence-electron chi connectivity index (χ3n) is 7.68. The molecule has 39 heavy (non-hydrogen) atoms. The first kappa shape index (κ1) is 26.9. The summed E-state index contributed by atoms with van der Waals surface area (Å²) in [7, 11) is 4.83. The Balaban J connectivity index is 1.52. The van der Waals surface area contributed by atoms with E-state index in [0.717, 1.165) is 16.1 Å². The van der Waals surface area contributed by atoms with Crippen molar-refractivity contribution in [1.29, 1.82) is 0 Å². The van der Waals surface area contributed by atoms with Gasteiger partial charge in [-0.1, -0.05) is 12.1 Å². The monoisotopic (exact) mass is 549 g/mol. The maximum Gasteiger partial charge on any atom is 0.254 e. The van der Waals surface area contributed by atoms with Crippen LogP contribution in [0.3, 0.4) is 0 Å². The summed E-state index contributed by atoms with van der Waals surface area (Å²) in [6.45, 7) is 2.30. The molecule has 0 saturated carbocycles. The van der Waals surface area contributed by atoms with Crippen molar-refractivity contribution in [1.82, 2.24) is 9.80 Å². The molecular weight excluding hydrogens is 517 g/mol. The summed E-state index contributed by atoms with van der Waals surface area (Å²) in [4.78, 5) is 34.8. The molecule has 0 aromatic heterocycles. The molecule has 2 atom stereocenters. The molecule has 3 aromatic carbocycles. The molecule has 0 radical (unpaired) electrons. The second-order valence-electron chi connectivity index (χ2n) is 9.69. The number of methoxy groups -OCH3 is 2. The summed E-state index contributed by atoms with van der Waals surface area (Å²) in [5.74, 6) is -0.189. The third kappa shape index (κ3) is 5.03. The van der Waals surface area contributed by atoms with E-state index in [9.17, 15) is 14.0 Å². The van der Waals surface area contributed by atoms with E-state index in [4.69, 9.17) is 9.47 Å². The highest BCUT2D eigenvalue weighted by Crippen LogP contribution is 2.46. The molecule has 9 heteroatoms. The first-order valence-corrected chi connectivity index (χ1v) is 14.0. The van der Waals surface area contributed by atoms with Crippen LogP contribution in [0, 0.1) is 5.82 Å². The van der Waals surface area contributed by atoms with Crippen LogP contribution in [0.2, 0.25) is 0 Å². The minimum Gasteiger partial charge on any atom is -0.493 e. The second kappa shape index (κ2) is 11.2. The Morgan fingerprint density at radius 1 is 0.923 bits per heavy atom. The number of piperazine rings is 1. The van der Waals surface area contributed by atoms with Crippen LogP contribution in [0.5, 0.6) is 11.5 Å². The van der Waals surface area contributed by atoms with Gasteiger partial charge in [-0.05, 0) is 65.9 Å². The van der Waals surface area contributed by atoms with Gasteiger partial charge in [-0.25, -0.2) is 4.39 Å². The van der Waals surface area contributed by atoms with Crippen molar-refractivity contribution in [3.8, 4) is 11.5 Å². The van der Waals surface area contributed by atoms with Gasteiger partial charge in [0.25, 0.3) is 5.91 Å². The first-order chi connectivity index (χ1) is 18.9. The molecule has 7 nitrogen and oxygen atoms in total. The molecule has 3 aromatic rings. The maximum atomic E-state index is 14.4. The minimum absolute atomic E-state index is 0.0412. The molecule has 1 fully saturated rings. The van der Waals surface area contributed by atoms with Gasteiger partial charge in [-0.15, -0.1) is 11.8 Å². The van der Waals surface area contributed by atoms with Crippen molar-refractivity contribution >= 4 is 29.3 Å². The number of likely N-dealkylation sites (N-methyl/N-ethyl adjacent to an activating group) is 1. The zero-order valence-corrected chi connectivity index (χ0v) is 23.3. The molecule has 2 aliphatic rings. The average molecular weight is 550 g/mol. The van der Waals surface area contributed by atoms with Crippen LogP contribution in [0.4, 0.5) is 10.1 Å². The number of carbonyl (C=O) groups is 2. The predicted octanol–water partition coefficient (Wildman–Crippen LogP) is 4.82. The Labute approximate surface area is 232 Å². The normalized spacial score (nSPS) is 19.1. The zero-order valence-electron chi connectivity index (χ0n) is 22.5. The molecule has 2 aliphatic heterocycles. The van der Waals surface area contributed by atoms with Crippen LogP contribution in [-0.2, 0) is 4.79 Å². The summed E-state index contributed by atoms with van der Waals surface area (Å²) < 4.78 is 24.5. The summed E-state index contributed by atoms with van der Waals surface area (Å²) in [5.41, 5.74) is 2.91. The molecule has 0 N–H and O–H groups in total. The van der Waals surface area contributed by atoms with E-state index in [1.165, 1.54) is 19.2 Å². The number of amides is 2. The summed E-state index contributed by atoms with van der Waals surface area (Å²) in [6.07, 6.45) is 2.01. The van der Waals surface area contributed by atoms with Crippen LogP contribution < -0.4 is 14.4 Å². The molecule has 0 bridgehead atoms. The fourth-order valence-electron chi connectivity index (χ4n) is 5.57. The second-order valence-corrected chi connectivity index (χ2v) is 10.6. The van der Waals surface area contributed by atoms with E-state index in [1.54, 1.807) is 55.1 Å². The van der Waals surface area contributed by atoms with E-state index in [2.05, 4.69) is 4.90 Å². The van der Waals surface area contributed by atoms with Gasteiger partial charge >= 0.3 is 0 Å². The fourth-order valence-corrected chi connectivity index (χ4v) is 5.97. The number of nitrogens with zero attached hydrogens (tertiary/aromatic N) is 3. The van der Waals surface area contributed by atoms with Crippen molar-refractivity contribution in [2.24, 2.45) is 0 Å². The standard InChI is InChI=1S/C30H32FN3O4S/c1-32-28(19-5-11-22(39-4)12-6-19)27(23-17-25(37-2)26(38-3)18-24(23)29(32)35)30(36)34-15-13-33(14-16-34)21-9-7-20(31)8-10-21/h5-12,17-18,27-28H,13-16H2,1-4H3. The lowest BCUT2D eigenvalue weighted by molar-refractivity contribution is -0.134. The van der Waals surface area contributed by atoms with Crippen LogP contribution in [0.1, 0.15) is 33.4 Å². The lowest BCUT2D eigenvalue weighted by atomic mass is 9.78. The number of hydrogen-bond acceptors (Lipinski definition) is 6. The highest BCUT2D eigenvalue weighted by Gasteiger charge is 2.45. The van der Waals surface area contributed by atoms with Gasteiger partial charge in [0.2, 0.25) is 5.91 Å². The van der Waals surface area contributed by atoms with E-state index in [0.29, 0.717) is 48.8 Å². The molecule has 5 rings (SSSR count). The Morgan fingerprint density at radius 3 is 2.13 bits per heavy atom. The quantitative estimate of drug-likeness (QED) is 0.411. The average Bonchev–Trinajstić information content (AvgIpc) is 2.98. The third-order valence-corrected chi connectivity index (χ3v) is 8.42. The number of ether oxygens (including phenoxy) is 2. The van der Waals surface area contributed by atoms with Crippen molar-refractivity contribution in [3.63, 3.8) is 0 Å². The molecule has 204 valence electrons. The van der Waals surface area contributed by atoms with Crippen LogP contribution in [0.15, 0.2) is 65.6 Å². The zero-order chi connectivity index (χ0) is 27.7. The lowest BCUT2D eigenvalue weighted by Gasteiger charge is -2.43. The molecule has 2 amide bonds. The summed E-state index contributed by atoms with van der Waals surface area (Å²) in [5, 5.41) is 0. The number of halogens is 1. The number of hydrogen-bond donors (Lipinski definition) is 0. The van der Waals surface area contributed by atoms with Gasteiger partial charge in [0, 0.05) is 49.4 Å². The Morgan fingerprint density at radius 2 is 1.54 bits per heavy atom. The topological polar surface area (TPSA) is 62.3 Å². The van der Waals surface area contributed by atoms with Gasteiger partial charge in [-0.3, -0.25) is 9.59 Å². The maximum absolute atomic E-state index is 14.4. The van der Waals surface area contributed by atoms with Crippen molar-refractivity contribution in [3.05, 3.63) is 83.2 Å². The van der Waals surface area contributed by atoms with Gasteiger partial charge in [0.1, 0.15) is 5.82 Å². The summed E-state index contributed by atoms with van der Waals surface area (Å²) >= 11 is 1.64. The molecule has 2 unspecified atom stereocenters. The Hall–Kier alpha value is -3.72. The molecular formula is C30H32FN3O4S. The highest BCUT2D eigenvalue weighted by atomic mass is 32.2. The Kier molecular flexibility index (Phi) is 7.70. The SMILES string of the molecule is COc1cc2c(cc1OC)C(C(=O)N1CCN(c3ccc(F)cc3)CC1)C(c1ccc(SC)cc1)N(C)C2=O. The van der Waals surface area contributed by atoms with Crippen LogP contribution in [-0.4, -0.2) is 75.3 Å². The number of rotatable bonds is 6. The molecule has 0 aliphatic carbocycles. The summed E-state index contributed by atoms with van der Waals surface area (Å²) in [6, 6.07) is 17.4. The largest absolute Gasteiger partial charge is 0.493 e. The molecule has 1 saturated heterocycles. The van der Waals surface area contributed by atoms with Crippen molar-refractivity contribution in [2.45, 2.75) is 16.9 Å². The van der Waals surface area contributed by atoms with Crippen LogP contribution in [0.25, 0.3) is 0 Å². The Bertz CT molecular complexity index is 1360. The molecule has 0 spiro atoms. The number of anilines is 1. The van der Waals surface area contributed by atoms with Crippen molar-refractivity contribution in [2.75, 3.05) is 58.6 Å². The number of carbonyl (C=O) groups excluding carboxylic acids is 2. The number of fused-ring (bicyclic) bond motifs is 1. The number of thioether (sulfide) groups is 1.